The summed E-state index contributed by atoms with van der Waals surface area (Å²) in [5.74, 6) is -0.0968. The molecule has 106 valence electrons. The Morgan fingerprint density at radius 3 is 2.79 bits per heavy atom. The Balaban J connectivity index is 2.26. The molecule has 1 aromatic carbocycles. The van der Waals surface area contributed by atoms with Crippen molar-refractivity contribution < 1.29 is 13.9 Å². The van der Waals surface area contributed by atoms with Gasteiger partial charge in [-0.3, -0.25) is 4.79 Å². The second kappa shape index (κ2) is 8.48. The molecule has 0 atom stereocenters. The zero-order valence-electron chi connectivity index (χ0n) is 11.5. The van der Waals surface area contributed by atoms with Gasteiger partial charge in [0.25, 0.3) is 0 Å². The van der Waals surface area contributed by atoms with E-state index in [1.807, 2.05) is 6.92 Å². The summed E-state index contributed by atoms with van der Waals surface area (Å²) in [6.07, 6.45) is 1.36. The average molecular weight is 268 g/mol. The molecule has 0 saturated heterocycles. The van der Waals surface area contributed by atoms with Crippen molar-refractivity contribution in [1.29, 1.82) is 0 Å². The SMILES string of the molecule is CCCNC(=O)CCNCc1ccc(OC)c(F)c1. The van der Waals surface area contributed by atoms with Crippen molar-refractivity contribution in [3.8, 4) is 5.75 Å². The first-order valence-electron chi connectivity index (χ1n) is 6.47. The summed E-state index contributed by atoms with van der Waals surface area (Å²) in [5.41, 5.74) is 0.826. The molecule has 0 unspecified atom stereocenters. The molecule has 19 heavy (non-hydrogen) atoms. The Morgan fingerprint density at radius 1 is 1.37 bits per heavy atom. The van der Waals surface area contributed by atoms with Crippen LogP contribution in [0.1, 0.15) is 25.3 Å². The van der Waals surface area contributed by atoms with Gasteiger partial charge in [-0.25, -0.2) is 4.39 Å². The summed E-state index contributed by atoms with van der Waals surface area (Å²) in [4.78, 5) is 11.3. The van der Waals surface area contributed by atoms with E-state index in [2.05, 4.69) is 10.6 Å². The summed E-state index contributed by atoms with van der Waals surface area (Å²) in [6, 6.07) is 4.83. The number of amides is 1. The minimum atomic E-state index is -0.373. The van der Waals surface area contributed by atoms with E-state index >= 15 is 0 Å². The quantitative estimate of drug-likeness (QED) is 0.707. The second-order valence-corrected chi connectivity index (χ2v) is 4.25. The molecule has 1 rings (SSSR count). The molecule has 0 aliphatic carbocycles. The van der Waals surface area contributed by atoms with Crippen molar-refractivity contribution in [3.63, 3.8) is 0 Å². The maximum Gasteiger partial charge on any atom is 0.221 e. The molecule has 0 aromatic heterocycles. The van der Waals surface area contributed by atoms with Gasteiger partial charge in [0.05, 0.1) is 7.11 Å². The number of carbonyl (C=O) groups is 1. The van der Waals surface area contributed by atoms with Crippen LogP contribution < -0.4 is 15.4 Å². The number of ether oxygens (including phenoxy) is 1. The zero-order valence-corrected chi connectivity index (χ0v) is 11.5. The molecule has 2 N–H and O–H groups in total. The summed E-state index contributed by atoms with van der Waals surface area (Å²) >= 11 is 0. The van der Waals surface area contributed by atoms with E-state index in [0.717, 1.165) is 12.0 Å². The van der Waals surface area contributed by atoms with Gasteiger partial charge in [0, 0.05) is 26.1 Å². The predicted molar refractivity (Wildman–Crippen MR) is 72.6 cm³/mol. The first kappa shape index (κ1) is 15.4. The van der Waals surface area contributed by atoms with Crippen molar-refractivity contribution >= 4 is 5.91 Å². The second-order valence-electron chi connectivity index (χ2n) is 4.25. The standard InChI is InChI=1S/C14H21FN2O2/c1-3-7-17-14(18)6-8-16-10-11-4-5-13(19-2)12(15)9-11/h4-5,9,16H,3,6-8,10H2,1-2H3,(H,17,18). The van der Waals surface area contributed by atoms with Gasteiger partial charge in [-0.1, -0.05) is 13.0 Å². The molecule has 0 saturated carbocycles. The average Bonchev–Trinajstić information content (AvgIpc) is 2.41. The number of methoxy groups -OCH3 is 1. The molecule has 1 aromatic rings. The van der Waals surface area contributed by atoms with Crippen LogP contribution in [0.2, 0.25) is 0 Å². The molecular weight excluding hydrogens is 247 g/mol. The lowest BCUT2D eigenvalue weighted by Gasteiger charge is -2.07. The van der Waals surface area contributed by atoms with Crippen LogP contribution in [0.25, 0.3) is 0 Å². The summed E-state index contributed by atoms with van der Waals surface area (Å²) in [6.45, 7) is 3.82. The first-order chi connectivity index (χ1) is 9.17. The fourth-order valence-electron chi connectivity index (χ4n) is 1.61. The van der Waals surface area contributed by atoms with Crippen LogP contribution in [0.15, 0.2) is 18.2 Å². The summed E-state index contributed by atoms with van der Waals surface area (Å²) in [7, 11) is 1.44. The number of hydrogen-bond donors (Lipinski definition) is 2. The van der Waals surface area contributed by atoms with Crippen LogP contribution in [0.5, 0.6) is 5.75 Å². The van der Waals surface area contributed by atoms with Gasteiger partial charge in [-0.15, -0.1) is 0 Å². The minimum absolute atomic E-state index is 0.0373. The molecule has 1 amide bonds. The van der Waals surface area contributed by atoms with Gasteiger partial charge in [0.15, 0.2) is 11.6 Å². The van der Waals surface area contributed by atoms with Crippen LogP contribution >= 0.6 is 0 Å². The van der Waals surface area contributed by atoms with E-state index in [-0.39, 0.29) is 17.5 Å². The third kappa shape index (κ3) is 5.70. The fourth-order valence-corrected chi connectivity index (χ4v) is 1.61. The number of benzene rings is 1. The highest BCUT2D eigenvalue weighted by atomic mass is 19.1. The van der Waals surface area contributed by atoms with E-state index < -0.39 is 0 Å². The lowest BCUT2D eigenvalue weighted by atomic mass is 10.2. The minimum Gasteiger partial charge on any atom is -0.494 e. The molecule has 0 bridgehead atoms. The molecule has 0 fully saturated rings. The van der Waals surface area contributed by atoms with E-state index in [4.69, 9.17) is 4.74 Å². The topological polar surface area (TPSA) is 50.4 Å². The van der Waals surface area contributed by atoms with Gasteiger partial charge in [0.2, 0.25) is 5.91 Å². The van der Waals surface area contributed by atoms with Crippen LogP contribution in [-0.2, 0) is 11.3 Å². The number of nitrogens with one attached hydrogen (secondary N) is 2. The Hall–Kier alpha value is -1.62. The molecular formula is C14H21FN2O2. The van der Waals surface area contributed by atoms with Crippen molar-refractivity contribution in [1.82, 2.24) is 10.6 Å². The molecule has 4 nitrogen and oxygen atoms in total. The number of carbonyl (C=O) groups excluding carboxylic acids is 1. The molecule has 0 radical (unpaired) electrons. The highest BCUT2D eigenvalue weighted by Gasteiger charge is 2.03. The third-order valence-corrected chi connectivity index (χ3v) is 2.65. The number of rotatable bonds is 8. The molecule has 5 heteroatoms. The van der Waals surface area contributed by atoms with Gasteiger partial charge >= 0.3 is 0 Å². The lowest BCUT2D eigenvalue weighted by Crippen LogP contribution is -2.28. The van der Waals surface area contributed by atoms with Crippen molar-refractivity contribution in [2.75, 3.05) is 20.2 Å². The monoisotopic (exact) mass is 268 g/mol. The van der Waals surface area contributed by atoms with Gasteiger partial charge in [0.1, 0.15) is 0 Å². The van der Waals surface area contributed by atoms with E-state index in [0.29, 0.717) is 26.1 Å². The van der Waals surface area contributed by atoms with E-state index in [1.165, 1.54) is 13.2 Å². The zero-order chi connectivity index (χ0) is 14.1. The smallest absolute Gasteiger partial charge is 0.221 e. The molecule has 0 aliphatic heterocycles. The Morgan fingerprint density at radius 2 is 2.16 bits per heavy atom. The maximum atomic E-state index is 13.4. The highest BCUT2D eigenvalue weighted by molar-refractivity contribution is 5.75. The number of hydrogen-bond acceptors (Lipinski definition) is 3. The van der Waals surface area contributed by atoms with E-state index in [9.17, 15) is 9.18 Å². The molecule has 0 heterocycles. The summed E-state index contributed by atoms with van der Waals surface area (Å²) < 4.78 is 18.3. The molecule has 0 aliphatic rings. The first-order valence-corrected chi connectivity index (χ1v) is 6.47. The van der Waals surface area contributed by atoms with Crippen molar-refractivity contribution in [2.24, 2.45) is 0 Å². The van der Waals surface area contributed by atoms with E-state index in [1.54, 1.807) is 12.1 Å². The van der Waals surface area contributed by atoms with Crippen LogP contribution in [0, 0.1) is 5.82 Å². The van der Waals surface area contributed by atoms with Gasteiger partial charge in [-0.2, -0.15) is 0 Å². The Kier molecular flexibility index (Phi) is 6.89. The van der Waals surface area contributed by atoms with Gasteiger partial charge < -0.3 is 15.4 Å². The maximum absolute atomic E-state index is 13.4. The van der Waals surface area contributed by atoms with Crippen LogP contribution in [0.3, 0.4) is 0 Å². The largest absolute Gasteiger partial charge is 0.494 e. The lowest BCUT2D eigenvalue weighted by molar-refractivity contribution is -0.120. The Bertz CT molecular complexity index is 410. The molecule has 0 spiro atoms. The third-order valence-electron chi connectivity index (χ3n) is 2.65. The summed E-state index contributed by atoms with van der Waals surface area (Å²) in [5, 5.41) is 5.91. The highest BCUT2D eigenvalue weighted by Crippen LogP contribution is 2.17. The number of halogens is 1. The van der Waals surface area contributed by atoms with Crippen LogP contribution in [0.4, 0.5) is 4.39 Å². The Labute approximate surface area is 113 Å². The normalized spacial score (nSPS) is 10.3. The van der Waals surface area contributed by atoms with Crippen molar-refractivity contribution in [3.05, 3.63) is 29.6 Å². The van der Waals surface area contributed by atoms with Gasteiger partial charge in [-0.05, 0) is 24.1 Å². The van der Waals surface area contributed by atoms with Crippen LogP contribution in [-0.4, -0.2) is 26.1 Å². The fraction of sp³-hybridized carbons (Fsp3) is 0.500. The van der Waals surface area contributed by atoms with Crippen molar-refractivity contribution in [2.45, 2.75) is 26.3 Å². The predicted octanol–water partition coefficient (Wildman–Crippen LogP) is 1.84.